The monoisotopic (exact) mass is 2270 g/mol. The summed E-state index contributed by atoms with van der Waals surface area (Å²) in [5.74, 6) is 0. The molecule has 0 atom stereocenters. The van der Waals surface area contributed by atoms with Crippen molar-refractivity contribution < 1.29 is 210 Å². The Morgan fingerprint density at radius 3 is 0.0984 bits per heavy atom. The van der Waals surface area contributed by atoms with Crippen molar-refractivity contribution in [3.63, 3.8) is 0 Å². The molecular formula is H12B12I12NaO36-35. The van der Waals surface area contributed by atoms with Crippen LogP contribution >= 0.6 is 288 Å². The first kappa shape index (κ1) is 165. The van der Waals surface area contributed by atoms with Crippen LogP contribution < -0.4 is 210 Å². The first-order chi connectivity index (χ1) is 20.8. The summed E-state index contributed by atoms with van der Waals surface area (Å²) in [5, 5.41) is 303. The number of halogens is 12. The smallest absolute Gasteiger partial charge is 0.907 e. The first-order valence-corrected chi connectivity index (χ1v) is 8.49. The molecule has 0 spiro atoms. The molecule has 0 saturated carbocycles. The number of hydrogen-bond donors (Lipinski definition) is 0. The van der Waals surface area contributed by atoms with Crippen molar-refractivity contribution in [1.82, 2.24) is 0 Å². The molecule has 0 aliphatic rings. The van der Waals surface area contributed by atoms with Gasteiger partial charge in [0.2, 0.25) is 0 Å². The van der Waals surface area contributed by atoms with Crippen molar-refractivity contribution in [3.05, 3.63) is 0 Å². The average Bonchev–Trinajstić information content (AvgIpc) is 2.61. The van der Waals surface area contributed by atoms with Gasteiger partial charge in [0.05, 0.1) is 0 Å². The summed E-state index contributed by atoms with van der Waals surface area (Å²) in [7, 11) is -35.0. The van der Waals surface area contributed by atoms with Crippen LogP contribution in [0.5, 0.6) is 0 Å². The molecule has 0 amide bonds. The maximum Gasteiger partial charge on any atom is 1.00 e. The molecule has 0 aromatic rings. The van der Waals surface area contributed by atoms with Gasteiger partial charge in [0, 0.05) is 0 Å². The summed E-state index contributed by atoms with van der Waals surface area (Å²) >= 11 is 0. The molecule has 0 N–H and O–H groups in total. The van der Waals surface area contributed by atoms with Crippen LogP contribution in [0.1, 0.15) is 0 Å². The fraction of sp³-hybridized carbons (Fsp3) is 0. The van der Waals surface area contributed by atoms with Crippen LogP contribution in [0.3, 0.4) is 0 Å². The van der Waals surface area contributed by atoms with Crippen LogP contribution in [0.2, 0.25) is 0 Å². The molecule has 0 radical (unpaired) electrons. The molecule has 384 valence electrons. The molecule has 0 aromatic heterocycles. The van der Waals surface area contributed by atoms with Crippen LogP contribution in [0.4, 0.5) is 0 Å². The van der Waals surface area contributed by atoms with Crippen molar-refractivity contribution >= 4 is 376 Å². The fourth-order valence-corrected chi connectivity index (χ4v) is 0. The molecule has 0 heterocycles. The topological polar surface area (TPSA) is 830 Å². The Morgan fingerprint density at radius 1 is 0.0984 bits per heavy atom. The Hall–Kier alpha value is 9.10. The van der Waals surface area contributed by atoms with Gasteiger partial charge in [0.25, 0.3) is 0 Å². The summed E-state index contributed by atoms with van der Waals surface area (Å²) in [6, 6.07) is 0. The Labute approximate surface area is 575 Å². The van der Waals surface area contributed by atoms with Gasteiger partial charge in [-0.05, 0) is 0 Å². The van der Waals surface area contributed by atoms with Crippen molar-refractivity contribution in [1.29, 1.82) is 0 Å². The molecule has 36 nitrogen and oxygen atoms in total. The molecule has 0 fully saturated rings. The third kappa shape index (κ3) is 3760. The zero-order valence-electron chi connectivity index (χ0n) is 27.5. The van der Waals surface area contributed by atoms with E-state index in [9.17, 15) is 0 Å². The van der Waals surface area contributed by atoms with Gasteiger partial charge >= 0.3 is 29.6 Å². The predicted octanol–water partition coefficient (Wildman–Crippen LogP) is -43.0. The standard InChI is InChI=1S/12BO3.12HI.Na/c12*2-1(3)4;;;;;;;;;;;;;/h;;;;;;;;;;;;12*1H;/q12*-3;;;;;;;;;;;;;+1. The van der Waals surface area contributed by atoms with Gasteiger partial charge in [-0.3, -0.25) is 87.9 Å². The normalized spacial score (nSPS) is 5.31. The molecule has 61 heteroatoms. The second-order valence-corrected chi connectivity index (χ2v) is 3.46. The largest absolute Gasteiger partial charge is 1.00 e. The summed E-state index contributed by atoms with van der Waals surface area (Å²) in [6.45, 7) is 0. The van der Waals surface area contributed by atoms with Crippen molar-refractivity contribution in [2.24, 2.45) is 0 Å². The maximum absolute atomic E-state index is 8.42. The average molecular weight is 2260 g/mol. The van der Waals surface area contributed by atoms with Crippen molar-refractivity contribution in [2.45, 2.75) is 0 Å². The second-order valence-electron chi connectivity index (χ2n) is 3.46. The summed E-state index contributed by atoms with van der Waals surface area (Å²) in [6.07, 6.45) is 0. The van der Waals surface area contributed by atoms with E-state index in [1.165, 1.54) is 0 Å². The molecule has 0 rings (SSSR count). The predicted molar refractivity (Wildman–Crippen MR) is 254 cm³/mol. The summed E-state index contributed by atoms with van der Waals surface area (Å²) < 4.78 is 0. The zero-order chi connectivity index (χ0) is 42.9. The molecule has 0 aliphatic carbocycles. The van der Waals surface area contributed by atoms with Crippen LogP contribution in [0, 0.1) is 0 Å². The minimum Gasteiger partial charge on any atom is -0.907 e. The van der Waals surface area contributed by atoms with Gasteiger partial charge in [-0.1, -0.05) is 0 Å². The molecule has 0 aliphatic heterocycles. The van der Waals surface area contributed by atoms with E-state index in [2.05, 4.69) is 0 Å². The minimum absolute atomic E-state index is 0. The van der Waals surface area contributed by atoms with Crippen LogP contribution in [-0.4, -0.2) is 87.9 Å². The van der Waals surface area contributed by atoms with Gasteiger partial charge in [0.1, 0.15) is 0 Å². The van der Waals surface area contributed by atoms with Crippen LogP contribution in [0.25, 0.3) is 0 Å². The van der Waals surface area contributed by atoms with Gasteiger partial charge in [-0.15, -0.1) is 288 Å². The van der Waals surface area contributed by atoms with E-state index in [1.54, 1.807) is 0 Å². The first-order valence-electron chi connectivity index (χ1n) is 8.49. The van der Waals surface area contributed by atoms with Crippen molar-refractivity contribution in [3.8, 4) is 0 Å². The Kier molecular flexibility index (Phi) is 425. The quantitative estimate of drug-likeness (QED) is 0.160. The third-order valence-electron chi connectivity index (χ3n) is 0. The van der Waals surface area contributed by atoms with E-state index in [-0.39, 0.29) is 317 Å². The summed E-state index contributed by atoms with van der Waals surface area (Å²) in [4.78, 5) is 0. The van der Waals surface area contributed by atoms with Gasteiger partial charge in [-0.25, -0.2) is 0 Å². The number of hydrogen-bond acceptors (Lipinski definition) is 36. The summed E-state index contributed by atoms with van der Waals surface area (Å²) in [5.41, 5.74) is 0. The molecule has 61 heavy (non-hydrogen) atoms. The Morgan fingerprint density at radius 2 is 0.0984 bits per heavy atom. The second kappa shape index (κ2) is 158. The van der Waals surface area contributed by atoms with Crippen LogP contribution in [-0.2, 0) is 0 Å². The Bertz CT molecular complexity index is 276. The van der Waals surface area contributed by atoms with E-state index < -0.39 is 87.9 Å². The van der Waals surface area contributed by atoms with E-state index in [4.69, 9.17) is 181 Å². The van der Waals surface area contributed by atoms with E-state index in [1.807, 2.05) is 0 Å². The van der Waals surface area contributed by atoms with E-state index in [0.29, 0.717) is 0 Å². The van der Waals surface area contributed by atoms with Gasteiger partial charge in [0.15, 0.2) is 0 Å². The molecule has 0 unspecified atom stereocenters. The molecule has 0 aromatic carbocycles. The van der Waals surface area contributed by atoms with Crippen LogP contribution in [0.15, 0.2) is 0 Å². The van der Waals surface area contributed by atoms with Gasteiger partial charge < -0.3 is 181 Å². The van der Waals surface area contributed by atoms with E-state index >= 15 is 0 Å². The zero-order valence-corrected chi connectivity index (χ0v) is 57.5. The SMILES string of the molecule is I.I.I.I.I.I.I.I.I.I.I.I.[Na+].[O-]B([O-])[O-].[O-]B([O-])[O-].[O-]B([O-])[O-].[O-]B([O-])[O-].[O-]B([O-])[O-].[O-]B([O-])[O-].[O-]B([O-])[O-].[O-]B([O-])[O-].[O-]B([O-])[O-].[O-]B([O-])[O-].[O-]B([O-])[O-].[O-]B([O-])[O-]. The van der Waals surface area contributed by atoms with Gasteiger partial charge in [-0.2, -0.15) is 0 Å². The molecule has 0 saturated heterocycles. The Balaban J connectivity index is -0.00000000989. The third-order valence-corrected chi connectivity index (χ3v) is 0. The maximum atomic E-state index is 8.42. The molecular weight excluding hydrogens is 2250 g/mol. The number of rotatable bonds is 0. The fourth-order valence-electron chi connectivity index (χ4n) is 0. The van der Waals surface area contributed by atoms with E-state index in [0.717, 1.165) is 0 Å². The van der Waals surface area contributed by atoms with Crippen molar-refractivity contribution in [2.75, 3.05) is 0 Å². The molecule has 0 bridgehead atoms. The minimum atomic E-state index is -2.92.